The first-order chi connectivity index (χ1) is 12.7. The maximum atomic E-state index is 11.0. The van der Waals surface area contributed by atoms with Gasteiger partial charge in [0.15, 0.2) is 0 Å². The number of aliphatic hydroxyl groups excluding tert-OH is 1. The summed E-state index contributed by atoms with van der Waals surface area (Å²) in [6.07, 6.45) is -0.547. The van der Waals surface area contributed by atoms with E-state index < -0.39 is 6.10 Å². The minimum atomic E-state index is -0.547. The van der Waals surface area contributed by atoms with Gasteiger partial charge in [0.1, 0.15) is 5.75 Å². The molecule has 1 saturated heterocycles. The average Bonchev–Trinajstić information content (AvgIpc) is 3.22. The number of pyridine rings is 1. The van der Waals surface area contributed by atoms with E-state index in [0.29, 0.717) is 6.54 Å². The Hall–Kier alpha value is -1.60. The maximum Gasteiger partial charge on any atom is 0.119 e. The topological polar surface area (TPSA) is 45.6 Å². The van der Waals surface area contributed by atoms with Crippen LogP contribution in [0.4, 0.5) is 0 Å². The average molecular weight is 387 g/mol. The molecule has 0 radical (unpaired) electrons. The predicted molar refractivity (Wildman–Crippen MR) is 110 cm³/mol. The molecule has 4 rings (SSSR count). The molecule has 0 unspecified atom stereocenters. The second-order valence-electron chi connectivity index (χ2n) is 6.39. The molecule has 1 N–H and O–H groups in total. The number of ether oxygens (including phenoxy) is 1. The van der Waals surface area contributed by atoms with Crippen molar-refractivity contribution in [3.8, 4) is 16.3 Å². The summed E-state index contributed by atoms with van der Waals surface area (Å²) in [6, 6.07) is 12.0. The van der Waals surface area contributed by atoms with E-state index >= 15 is 0 Å². The van der Waals surface area contributed by atoms with Gasteiger partial charge in [0.05, 0.1) is 29.3 Å². The van der Waals surface area contributed by atoms with Crippen molar-refractivity contribution in [1.82, 2.24) is 9.88 Å². The number of aromatic nitrogens is 1. The number of aliphatic hydroxyl groups is 1. The van der Waals surface area contributed by atoms with E-state index in [-0.39, 0.29) is 0 Å². The molecule has 1 aliphatic rings. The zero-order chi connectivity index (χ0) is 17.9. The summed E-state index contributed by atoms with van der Waals surface area (Å²) in [6.45, 7) is 2.72. The molecule has 2 aromatic heterocycles. The maximum absolute atomic E-state index is 11.0. The Morgan fingerprint density at radius 3 is 2.81 bits per heavy atom. The SMILES string of the molecule is COc1ccc2nc(-c3cccs3)cc([C@@H](O)CN3CCSCC3)c2c1. The third kappa shape index (κ3) is 3.74. The third-order valence-electron chi connectivity index (χ3n) is 4.72. The van der Waals surface area contributed by atoms with Crippen molar-refractivity contribution < 1.29 is 9.84 Å². The molecular formula is C20H22N2O2S2. The summed E-state index contributed by atoms with van der Waals surface area (Å²) < 4.78 is 5.39. The van der Waals surface area contributed by atoms with E-state index in [9.17, 15) is 5.11 Å². The summed E-state index contributed by atoms with van der Waals surface area (Å²) in [7, 11) is 1.66. The molecule has 0 bridgehead atoms. The fourth-order valence-electron chi connectivity index (χ4n) is 3.31. The zero-order valence-corrected chi connectivity index (χ0v) is 16.4. The molecule has 0 spiro atoms. The summed E-state index contributed by atoms with van der Waals surface area (Å²) >= 11 is 3.65. The number of thioether (sulfide) groups is 1. The van der Waals surface area contributed by atoms with Crippen LogP contribution in [0.5, 0.6) is 5.75 Å². The summed E-state index contributed by atoms with van der Waals surface area (Å²) in [4.78, 5) is 8.27. The molecule has 0 amide bonds. The molecule has 1 fully saturated rings. The van der Waals surface area contributed by atoms with Crippen molar-refractivity contribution in [3.05, 3.63) is 47.3 Å². The van der Waals surface area contributed by atoms with Gasteiger partial charge in [-0.15, -0.1) is 11.3 Å². The molecule has 26 heavy (non-hydrogen) atoms. The predicted octanol–water partition coefficient (Wildman–Crippen LogP) is 4.05. The van der Waals surface area contributed by atoms with Crippen LogP contribution in [0.1, 0.15) is 11.7 Å². The van der Waals surface area contributed by atoms with Gasteiger partial charge in [0.25, 0.3) is 0 Å². The van der Waals surface area contributed by atoms with Crippen molar-refractivity contribution in [2.24, 2.45) is 0 Å². The molecule has 3 heterocycles. The smallest absolute Gasteiger partial charge is 0.119 e. The van der Waals surface area contributed by atoms with Crippen LogP contribution in [0.25, 0.3) is 21.5 Å². The van der Waals surface area contributed by atoms with Gasteiger partial charge in [0.2, 0.25) is 0 Å². The van der Waals surface area contributed by atoms with Crippen LogP contribution in [-0.4, -0.2) is 53.2 Å². The Morgan fingerprint density at radius 2 is 2.08 bits per heavy atom. The van der Waals surface area contributed by atoms with Crippen molar-refractivity contribution in [3.63, 3.8) is 0 Å². The number of thiophene rings is 1. The fraction of sp³-hybridized carbons (Fsp3) is 0.350. The molecule has 6 heteroatoms. The Kier molecular flexibility index (Phi) is 5.45. The van der Waals surface area contributed by atoms with Gasteiger partial charge in [-0.1, -0.05) is 6.07 Å². The van der Waals surface area contributed by atoms with Crippen molar-refractivity contribution in [2.75, 3.05) is 38.2 Å². The number of benzene rings is 1. The van der Waals surface area contributed by atoms with Gasteiger partial charge in [-0.05, 0) is 41.3 Å². The van der Waals surface area contributed by atoms with E-state index in [1.165, 1.54) is 0 Å². The van der Waals surface area contributed by atoms with Crippen LogP contribution in [0, 0.1) is 0 Å². The highest BCUT2D eigenvalue weighted by molar-refractivity contribution is 7.99. The lowest BCUT2D eigenvalue weighted by Gasteiger charge is -2.28. The normalized spacial score (nSPS) is 16.7. The number of rotatable bonds is 5. The third-order valence-corrected chi connectivity index (χ3v) is 6.55. The summed E-state index contributed by atoms with van der Waals surface area (Å²) in [5.74, 6) is 3.06. The Morgan fingerprint density at radius 1 is 1.23 bits per heavy atom. The minimum absolute atomic E-state index is 0.547. The molecule has 1 aliphatic heterocycles. The largest absolute Gasteiger partial charge is 0.497 e. The number of hydrogen-bond donors (Lipinski definition) is 1. The van der Waals surface area contributed by atoms with E-state index in [1.807, 2.05) is 42.1 Å². The quantitative estimate of drug-likeness (QED) is 0.717. The van der Waals surface area contributed by atoms with Gasteiger partial charge in [0, 0.05) is 36.5 Å². The first kappa shape index (κ1) is 17.8. The Bertz CT molecular complexity index is 877. The number of nitrogens with zero attached hydrogens (tertiary/aromatic N) is 2. The lowest BCUT2D eigenvalue weighted by atomic mass is 10.0. The standard InChI is InChI=1S/C20H22N2O2S2/c1-24-14-4-5-17-15(11-14)16(12-18(21-17)20-3-2-8-26-20)19(23)13-22-6-9-25-10-7-22/h2-5,8,11-12,19,23H,6-7,9-10,13H2,1H3/t19-/m0/s1. The van der Waals surface area contributed by atoms with Crippen LogP contribution < -0.4 is 4.74 Å². The van der Waals surface area contributed by atoms with Crippen molar-refractivity contribution in [1.29, 1.82) is 0 Å². The van der Waals surface area contributed by atoms with Crippen LogP contribution >= 0.6 is 23.1 Å². The van der Waals surface area contributed by atoms with E-state index in [2.05, 4.69) is 16.3 Å². The molecule has 0 aliphatic carbocycles. The monoisotopic (exact) mass is 386 g/mol. The number of hydrogen-bond acceptors (Lipinski definition) is 6. The molecule has 3 aromatic rings. The second kappa shape index (κ2) is 7.96. The highest BCUT2D eigenvalue weighted by Crippen LogP contribution is 2.33. The molecule has 136 valence electrons. The van der Waals surface area contributed by atoms with E-state index in [0.717, 1.165) is 57.4 Å². The van der Waals surface area contributed by atoms with Gasteiger partial charge < -0.3 is 9.84 Å². The molecule has 4 nitrogen and oxygen atoms in total. The number of methoxy groups -OCH3 is 1. The summed E-state index contributed by atoms with van der Waals surface area (Å²) in [5, 5.41) is 14.1. The van der Waals surface area contributed by atoms with E-state index in [1.54, 1.807) is 18.4 Å². The van der Waals surface area contributed by atoms with Crippen molar-refractivity contribution in [2.45, 2.75) is 6.10 Å². The van der Waals surface area contributed by atoms with Gasteiger partial charge in [-0.3, -0.25) is 4.90 Å². The van der Waals surface area contributed by atoms with Crippen LogP contribution in [0.3, 0.4) is 0 Å². The fourth-order valence-corrected chi connectivity index (χ4v) is 4.98. The van der Waals surface area contributed by atoms with Gasteiger partial charge in [-0.25, -0.2) is 4.98 Å². The number of fused-ring (bicyclic) bond motifs is 1. The molecule has 1 aromatic carbocycles. The van der Waals surface area contributed by atoms with Crippen LogP contribution in [0.15, 0.2) is 41.8 Å². The van der Waals surface area contributed by atoms with E-state index in [4.69, 9.17) is 9.72 Å². The molecule has 1 atom stereocenters. The zero-order valence-electron chi connectivity index (χ0n) is 14.7. The van der Waals surface area contributed by atoms with Gasteiger partial charge >= 0.3 is 0 Å². The minimum Gasteiger partial charge on any atom is -0.497 e. The first-order valence-electron chi connectivity index (χ1n) is 8.75. The lowest BCUT2D eigenvalue weighted by Crippen LogP contribution is -2.35. The first-order valence-corrected chi connectivity index (χ1v) is 10.8. The Labute approximate surface area is 161 Å². The van der Waals surface area contributed by atoms with Crippen molar-refractivity contribution >= 4 is 34.0 Å². The molecular weight excluding hydrogens is 364 g/mol. The Balaban J connectivity index is 1.76. The molecule has 0 saturated carbocycles. The van der Waals surface area contributed by atoms with Crippen LogP contribution in [-0.2, 0) is 0 Å². The highest BCUT2D eigenvalue weighted by Gasteiger charge is 2.20. The number of β-amino-alcohol motifs (C(OH)–C–C–N with tert-alkyl or cyclic N) is 1. The second-order valence-corrected chi connectivity index (χ2v) is 8.56. The highest BCUT2D eigenvalue weighted by atomic mass is 32.2. The van der Waals surface area contributed by atoms with Crippen LogP contribution in [0.2, 0.25) is 0 Å². The van der Waals surface area contributed by atoms with Gasteiger partial charge in [-0.2, -0.15) is 11.8 Å². The summed E-state index contributed by atoms with van der Waals surface area (Å²) in [5.41, 5.74) is 2.73. The lowest BCUT2D eigenvalue weighted by molar-refractivity contribution is 0.120.